The third-order valence-corrected chi connectivity index (χ3v) is 4.55. The zero-order valence-corrected chi connectivity index (χ0v) is 13.3. The number of likely N-dealkylation sites (tertiary alicyclic amines) is 1. The van der Waals surface area contributed by atoms with Crippen molar-refractivity contribution in [3.8, 4) is 5.69 Å². The quantitative estimate of drug-likeness (QED) is 0.871. The van der Waals surface area contributed by atoms with Crippen LogP contribution in [0.1, 0.15) is 23.2 Å². The molecule has 1 aliphatic rings. The Bertz CT molecular complexity index is 627. The molecule has 4 heteroatoms. The highest BCUT2D eigenvalue weighted by Gasteiger charge is 2.25. The summed E-state index contributed by atoms with van der Waals surface area (Å²) in [7, 11) is 4.07. The molecule has 1 saturated heterocycles. The summed E-state index contributed by atoms with van der Waals surface area (Å²) >= 11 is 0. The minimum Gasteiger partial charge on any atom is -0.339 e. The Balaban J connectivity index is 1.71. The highest BCUT2D eigenvalue weighted by Crippen LogP contribution is 2.18. The van der Waals surface area contributed by atoms with Gasteiger partial charge < -0.3 is 14.4 Å². The van der Waals surface area contributed by atoms with Crippen LogP contribution in [0.15, 0.2) is 48.8 Å². The van der Waals surface area contributed by atoms with Crippen LogP contribution in [0, 0.1) is 0 Å². The molecule has 2 heterocycles. The van der Waals surface area contributed by atoms with E-state index in [9.17, 15) is 4.79 Å². The topological polar surface area (TPSA) is 28.5 Å². The Kier molecular flexibility index (Phi) is 4.29. The molecule has 1 aromatic carbocycles. The number of hydrogen-bond donors (Lipinski definition) is 0. The first kappa shape index (κ1) is 14.9. The molecule has 0 aliphatic carbocycles. The smallest absolute Gasteiger partial charge is 0.255 e. The zero-order chi connectivity index (χ0) is 15.5. The fraction of sp³-hybridized carbons (Fsp3) is 0.389. The van der Waals surface area contributed by atoms with Gasteiger partial charge in [0.15, 0.2) is 0 Å². The van der Waals surface area contributed by atoms with Gasteiger partial charge in [0.25, 0.3) is 5.91 Å². The van der Waals surface area contributed by atoms with Crippen LogP contribution in [0.5, 0.6) is 0 Å². The van der Waals surface area contributed by atoms with Crippen LogP contribution in [0.25, 0.3) is 5.69 Å². The molecule has 1 amide bonds. The highest BCUT2D eigenvalue weighted by molar-refractivity contribution is 5.94. The van der Waals surface area contributed by atoms with Gasteiger partial charge in [-0.15, -0.1) is 0 Å². The number of benzene rings is 1. The second kappa shape index (κ2) is 6.36. The second-order valence-electron chi connectivity index (χ2n) is 6.09. The predicted octanol–water partition coefficient (Wildman–Crippen LogP) is 2.64. The Labute approximate surface area is 132 Å². The molecule has 0 N–H and O–H groups in total. The summed E-state index contributed by atoms with van der Waals surface area (Å²) in [6.07, 6.45) is 5.98. The normalized spacial score (nSPS) is 16.6. The summed E-state index contributed by atoms with van der Waals surface area (Å²) in [4.78, 5) is 16.9. The van der Waals surface area contributed by atoms with Gasteiger partial charge in [-0.3, -0.25) is 4.79 Å². The van der Waals surface area contributed by atoms with Gasteiger partial charge in [0.1, 0.15) is 0 Å². The maximum absolute atomic E-state index is 12.7. The molecule has 2 aromatic rings. The van der Waals surface area contributed by atoms with Crippen molar-refractivity contribution in [3.63, 3.8) is 0 Å². The Morgan fingerprint density at radius 2 is 1.82 bits per heavy atom. The average molecular weight is 297 g/mol. The van der Waals surface area contributed by atoms with E-state index in [4.69, 9.17) is 0 Å². The van der Waals surface area contributed by atoms with Gasteiger partial charge in [-0.25, -0.2) is 0 Å². The molecule has 0 radical (unpaired) electrons. The number of carbonyl (C=O) groups excluding carboxylic acids is 1. The molecule has 22 heavy (non-hydrogen) atoms. The lowest BCUT2D eigenvalue weighted by Gasteiger charge is -2.35. The lowest BCUT2D eigenvalue weighted by molar-refractivity contribution is 0.0659. The molecular formula is C18H23N3O. The van der Waals surface area contributed by atoms with Crippen LogP contribution in [-0.4, -0.2) is 53.5 Å². The summed E-state index contributed by atoms with van der Waals surface area (Å²) < 4.78 is 2.00. The Morgan fingerprint density at radius 3 is 2.50 bits per heavy atom. The summed E-state index contributed by atoms with van der Waals surface area (Å²) in [6.45, 7) is 2.13. The molecule has 0 bridgehead atoms. The van der Waals surface area contributed by atoms with Gasteiger partial charge in [-0.2, -0.15) is 0 Å². The zero-order valence-electron chi connectivity index (χ0n) is 13.3. The van der Waals surface area contributed by atoms with Crippen LogP contribution in [-0.2, 0) is 0 Å². The van der Waals surface area contributed by atoms with Gasteiger partial charge in [0, 0.05) is 31.2 Å². The summed E-state index contributed by atoms with van der Waals surface area (Å²) in [5, 5.41) is 0. The van der Waals surface area contributed by atoms with Crippen LogP contribution >= 0.6 is 0 Å². The van der Waals surface area contributed by atoms with Crippen molar-refractivity contribution in [1.29, 1.82) is 0 Å². The molecule has 3 rings (SSSR count). The van der Waals surface area contributed by atoms with Gasteiger partial charge in [-0.1, -0.05) is 18.2 Å². The van der Waals surface area contributed by atoms with Gasteiger partial charge >= 0.3 is 0 Å². The van der Waals surface area contributed by atoms with E-state index in [1.54, 1.807) is 0 Å². The first-order chi connectivity index (χ1) is 10.6. The predicted molar refractivity (Wildman–Crippen MR) is 88.4 cm³/mol. The lowest BCUT2D eigenvalue weighted by atomic mass is 10.0. The van der Waals surface area contributed by atoms with E-state index < -0.39 is 0 Å². The van der Waals surface area contributed by atoms with E-state index in [1.807, 2.05) is 65.3 Å². The van der Waals surface area contributed by atoms with Crippen LogP contribution < -0.4 is 0 Å². The molecule has 0 saturated carbocycles. The number of nitrogens with zero attached hydrogens (tertiary/aromatic N) is 3. The average Bonchev–Trinajstić information content (AvgIpc) is 3.05. The van der Waals surface area contributed by atoms with E-state index in [0.29, 0.717) is 6.04 Å². The minimum absolute atomic E-state index is 0.115. The molecule has 0 spiro atoms. The third kappa shape index (κ3) is 3.07. The number of hydrogen-bond acceptors (Lipinski definition) is 2. The molecule has 0 unspecified atom stereocenters. The van der Waals surface area contributed by atoms with E-state index in [1.165, 1.54) is 0 Å². The van der Waals surface area contributed by atoms with Gasteiger partial charge in [0.05, 0.1) is 5.56 Å². The number of rotatable bonds is 3. The number of aromatic nitrogens is 1. The van der Waals surface area contributed by atoms with Crippen molar-refractivity contribution < 1.29 is 4.79 Å². The monoisotopic (exact) mass is 297 g/mol. The molecule has 1 aromatic heterocycles. The van der Waals surface area contributed by atoms with Crippen molar-refractivity contribution in [2.75, 3.05) is 27.2 Å². The number of piperidine rings is 1. The molecule has 0 atom stereocenters. The van der Waals surface area contributed by atoms with E-state index in [2.05, 4.69) is 11.9 Å². The number of amides is 1. The maximum Gasteiger partial charge on any atom is 0.255 e. The number of carbonyl (C=O) groups is 1. The Hall–Kier alpha value is -2.07. The SMILES string of the molecule is CN1CCC(N(C)C(=O)c2ccn(-c3ccccc3)c2)CC1. The maximum atomic E-state index is 12.7. The van der Waals surface area contributed by atoms with Crippen molar-refractivity contribution in [1.82, 2.24) is 14.4 Å². The molecular weight excluding hydrogens is 274 g/mol. The molecule has 116 valence electrons. The van der Waals surface area contributed by atoms with Gasteiger partial charge in [0.2, 0.25) is 0 Å². The fourth-order valence-corrected chi connectivity index (χ4v) is 3.04. The van der Waals surface area contributed by atoms with Gasteiger partial charge in [-0.05, 0) is 51.2 Å². The van der Waals surface area contributed by atoms with Crippen molar-refractivity contribution >= 4 is 5.91 Å². The van der Waals surface area contributed by atoms with Crippen LogP contribution in [0.2, 0.25) is 0 Å². The Morgan fingerprint density at radius 1 is 1.14 bits per heavy atom. The third-order valence-electron chi connectivity index (χ3n) is 4.55. The summed E-state index contributed by atoms with van der Waals surface area (Å²) in [5.41, 5.74) is 1.83. The molecule has 1 fully saturated rings. The standard InChI is InChI=1S/C18H23N3O/c1-19-11-9-16(10-12-19)20(2)18(22)15-8-13-21(14-15)17-6-4-3-5-7-17/h3-8,13-14,16H,9-12H2,1-2H3. The van der Waals surface area contributed by atoms with Crippen molar-refractivity contribution in [2.24, 2.45) is 0 Å². The largest absolute Gasteiger partial charge is 0.339 e. The highest BCUT2D eigenvalue weighted by atomic mass is 16.2. The van der Waals surface area contributed by atoms with Crippen LogP contribution in [0.3, 0.4) is 0 Å². The second-order valence-corrected chi connectivity index (χ2v) is 6.09. The number of para-hydroxylation sites is 1. The van der Waals surface area contributed by atoms with Crippen LogP contribution in [0.4, 0.5) is 0 Å². The first-order valence-electron chi connectivity index (χ1n) is 7.84. The summed E-state index contributed by atoms with van der Waals surface area (Å²) in [5.74, 6) is 0.115. The molecule has 4 nitrogen and oxygen atoms in total. The van der Waals surface area contributed by atoms with Crippen molar-refractivity contribution in [2.45, 2.75) is 18.9 Å². The lowest BCUT2D eigenvalue weighted by Crippen LogP contribution is -2.44. The van der Waals surface area contributed by atoms with E-state index in [-0.39, 0.29) is 5.91 Å². The van der Waals surface area contributed by atoms with E-state index >= 15 is 0 Å². The minimum atomic E-state index is 0.115. The van der Waals surface area contributed by atoms with Crippen molar-refractivity contribution in [3.05, 3.63) is 54.4 Å². The first-order valence-corrected chi connectivity index (χ1v) is 7.84. The van der Waals surface area contributed by atoms with E-state index in [0.717, 1.165) is 37.2 Å². The molecule has 1 aliphatic heterocycles. The summed E-state index contributed by atoms with van der Waals surface area (Å²) in [6, 6.07) is 12.3. The fourth-order valence-electron chi connectivity index (χ4n) is 3.04.